The van der Waals surface area contributed by atoms with E-state index >= 15 is 0 Å². The van der Waals surface area contributed by atoms with E-state index in [1.54, 1.807) is 0 Å². The molecule has 1 aromatic carbocycles. The molecule has 1 aliphatic rings. The third-order valence-electron chi connectivity index (χ3n) is 3.77. The largest absolute Gasteiger partial charge is 0.370 e. The summed E-state index contributed by atoms with van der Waals surface area (Å²) in [6.45, 7) is 8.23. The van der Waals surface area contributed by atoms with Gasteiger partial charge in [0.1, 0.15) is 6.07 Å². The molecule has 108 valence electrons. The number of nitrogens with one attached hydrogen (secondary N) is 1. The minimum Gasteiger partial charge on any atom is -0.370 e. The fourth-order valence-electron chi connectivity index (χ4n) is 2.52. The molecule has 0 aliphatic heterocycles. The van der Waals surface area contributed by atoms with E-state index in [-0.39, 0.29) is 0 Å². The number of nitrogens with zero attached hydrogens (tertiary/aromatic N) is 2. The van der Waals surface area contributed by atoms with Crippen LogP contribution in [0.5, 0.6) is 0 Å². The van der Waals surface area contributed by atoms with Gasteiger partial charge >= 0.3 is 0 Å². The standard InChI is InChI=1S/C17H25N3/c1-3-9-20(13-14-5-6-14)17-8-7-15(12-19-4-2)10-16(17)11-18/h7-8,10,14,19H,3-6,9,12-13H2,1-2H3. The van der Waals surface area contributed by atoms with Crippen molar-refractivity contribution in [3.63, 3.8) is 0 Å². The minimum atomic E-state index is 0.814. The SMILES string of the molecule is CCCN(CC1CC1)c1ccc(CNCC)cc1C#N. The van der Waals surface area contributed by atoms with Gasteiger partial charge in [-0.25, -0.2) is 0 Å². The zero-order chi connectivity index (χ0) is 14.4. The van der Waals surface area contributed by atoms with E-state index in [1.807, 2.05) is 6.07 Å². The molecular weight excluding hydrogens is 246 g/mol. The van der Waals surface area contributed by atoms with E-state index in [0.717, 1.165) is 49.8 Å². The smallest absolute Gasteiger partial charge is 0.101 e. The molecular formula is C17H25N3. The average Bonchev–Trinajstić information content (AvgIpc) is 3.28. The van der Waals surface area contributed by atoms with Gasteiger partial charge in [0.2, 0.25) is 0 Å². The summed E-state index contributed by atoms with van der Waals surface area (Å²) in [6.07, 6.45) is 3.82. The highest BCUT2D eigenvalue weighted by Gasteiger charge is 2.25. The van der Waals surface area contributed by atoms with Crippen LogP contribution in [0, 0.1) is 17.2 Å². The van der Waals surface area contributed by atoms with Crippen molar-refractivity contribution >= 4 is 5.69 Å². The second-order valence-electron chi connectivity index (χ2n) is 5.63. The highest BCUT2D eigenvalue weighted by atomic mass is 15.1. The Balaban J connectivity index is 2.17. The second-order valence-corrected chi connectivity index (χ2v) is 5.63. The van der Waals surface area contributed by atoms with Gasteiger partial charge in [-0.1, -0.05) is 19.9 Å². The molecule has 0 bridgehead atoms. The van der Waals surface area contributed by atoms with Crippen LogP contribution in [0.15, 0.2) is 18.2 Å². The van der Waals surface area contributed by atoms with E-state index in [2.05, 4.69) is 42.3 Å². The number of hydrogen-bond donors (Lipinski definition) is 1. The molecule has 0 saturated heterocycles. The fraction of sp³-hybridized carbons (Fsp3) is 0.588. The molecule has 1 aliphatic carbocycles. The maximum Gasteiger partial charge on any atom is 0.101 e. The van der Waals surface area contributed by atoms with Gasteiger partial charge in [0, 0.05) is 19.6 Å². The van der Waals surface area contributed by atoms with E-state index in [9.17, 15) is 5.26 Å². The van der Waals surface area contributed by atoms with Crippen LogP contribution in [0.4, 0.5) is 5.69 Å². The Hall–Kier alpha value is -1.53. The Labute approximate surface area is 122 Å². The van der Waals surface area contributed by atoms with Crippen LogP contribution in [0.25, 0.3) is 0 Å². The predicted octanol–water partition coefficient (Wildman–Crippen LogP) is 3.29. The van der Waals surface area contributed by atoms with Crippen molar-refractivity contribution in [2.75, 3.05) is 24.5 Å². The number of nitriles is 1. The highest BCUT2D eigenvalue weighted by Crippen LogP contribution is 2.32. The lowest BCUT2D eigenvalue weighted by atomic mass is 10.1. The van der Waals surface area contributed by atoms with Crippen LogP contribution in [0.3, 0.4) is 0 Å². The molecule has 0 aromatic heterocycles. The zero-order valence-electron chi connectivity index (χ0n) is 12.7. The van der Waals surface area contributed by atoms with Crippen molar-refractivity contribution in [2.24, 2.45) is 5.92 Å². The zero-order valence-corrected chi connectivity index (χ0v) is 12.7. The summed E-state index contributed by atoms with van der Waals surface area (Å²) < 4.78 is 0. The van der Waals surface area contributed by atoms with Crippen molar-refractivity contribution in [1.82, 2.24) is 5.32 Å². The first-order valence-electron chi connectivity index (χ1n) is 7.77. The normalized spacial score (nSPS) is 14.1. The Kier molecular flexibility index (Phi) is 5.43. The van der Waals surface area contributed by atoms with Crippen LogP contribution < -0.4 is 10.2 Å². The summed E-state index contributed by atoms with van der Waals surface area (Å²) in [7, 11) is 0. The average molecular weight is 271 g/mol. The molecule has 0 spiro atoms. The molecule has 20 heavy (non-hydrogen) atoms. The molecule has 3 nitrogen and oxygen atoms in total. The lowest BCUT2D eigenvalue weighted by Crippen LogP contribution is -2.27. The molecule has 0 unspecified atom stereocenters. The highest BCUT2D eigenvalue weighted by molar-refractivity contribution is 5.60. The van der Waals surface area contributed by atoms with Gasteiger partial charge in [0.25, 0.3) is 0 Å². The van der Waals surface area contributed by atoms with Crippen LogP contribution >= 0.6 is 0 Å². The van der Waals surface area contributed by atoms with Gasteiger partial charge in [0.05, 0.1) is 11.3 Å². The van der Waals surface area contributed by atoms with Gasteiger partial charge in [-0.2, -0.15) is 5.26 Å². The number of benzene rings is 1. The number of rotatable bonds is 8. The summed E-state index contributed by atoms with van der Waals surface area (Å²) in [4.78, 5) is 2.40. The van der Waals surface area contributed by atoms with E-state index < -0.39 is 0 Å². The van der Waals surface area contributed by atoms with Gasteiger partial charge < -0.3 is 10.2 Å². The van der Waals surface area contributed by atoms with Crippen molar-refractivity contribution in [3.05, 3.63) is 29.3 Å². The summed E-state index contributed by atoms with van der Waals surface area (Å²) in [5.41, 5.74) is 3.12. The Bertz CT molecular complexity index is 472. The van der Waals surface area contributed by atoms with E-state index in [4.69, 9.17) is 0 Å². The lowest BCUT2D eigenvalue weighted by molar-refractivity contribution is 0.705. The van der Waals surface area contributed by atoms with E-state index in [0.29, 0.717) is 0 Å². The quantitative estimate of drug-likeness (QED) is 0.788. The molecule has 1 aromatic rings. The molecule has 1 fully saturated rings. The van der Waals surface area contributed by atoms with Crippen molar-refractivity contribution < 1.29 is 0 Å². The van der Waals surface area contributed by atoms with Crippen molar-refractivity contribution in [1.29, 1.82) is 5.26 Å². The first-order valence-corrected chi connectivity index (χ1v) is 7.77. The maximum absolute atomic E-state index is 9.44. The van der Waals surface area contributed by atoms with Crippen LogP contribution in [0.2, 0.25) is 0 Å². The van der Waals surface area contributed by atoms with E-state index in [1.165, 1.54) is 18.4 Å². The molecule has 2 rings (SSSR count). The molecule has 1 saturated carbocycles. The number of anilines is 1. The summed E-state index contributed by atoms with van der Waals surface area (Å²) >= 11 is 0. The molecule has 3 heteroatoms. The topological polar surface area (TPSA) is 39.1 Å². The maximum atomic E-state index is 9.44. The summed E-state index contributed by atoms with van der Waals surface area (Å²) in [5.74, 6) is 0.842. The van der Waals surface area contributed by atoms with Crippen molar-refractivity contribution in [3.8, 4) is 6.07 Å². The molecule has 0 amide bonds. The van der Waals surface area contributed by atoms with Gasteiger partial charge in [-0.15, -0.1) is 0 Å². The monoisotopic (exact) mass is 271 g/mol. The fourth-order valence-corrected chi connectivity index (χ4v) is 2.52. The van der Waals surface area contributed by atoms with Gasteiger partial charge in [0.15, 0.2) is 0 Å². The molecule has 1 N–H and O–H groups in total. The third-order valence-corrected chi connectivity index (χ3v) is 3.77. The third kappa shape index (κ3) is 3.98. The lowest BCUT2D eigenvalue weighted by Gasteiger charge is -2.25. The second kappa shape index (κ2) is 7.31. The predicted molar refractivity (Wildman–Crippen MR) is 83.8 cm³/mol. The first-order chi connectivity index (χ1) is 9.78. The van der Waals surface area contributed by atoms with Crippen LogP contribution in [-0.2, 0) is 6.54 Å². The Morgan fingerprint density at radius 1 is 1.35 bits per heavy atom. The molecule has 0 heterocycles. The van der Waals surface area contributed by atoms with Crippen molar-refractivity contribution in [2.45, 2.75) is 39.7 Å². The summed E-state index contributed by atoms with van der Waals surface area (Å²) in [5, 5.41) is 12.7. The van der Waals surface area contributed by atoms with Gasteiger partial charge in [-0.05, 0) is 49.4 Å². The number of hydrogen-bond acceptors (Lipinski definition) is 3. The first kappa shape index (κ1) is 14.9. The molecule has 0 radical (unpaired) electrons. The molecule has 0 atom stereocenters. The minimum absolute atomic E-state index is 0.814. The summed E-state index contributed by atoms with van der Waals surface area (Å²) in [6, 6.07) is 8.69. The Morgan fingerprint density at radius 2 is 2.15 bits per heavy atom. The Morgan fingerprint density at radius 3 is 2.75 bits per heavy atom. The van der Waals surface area contributed by atoms with Crippen LogP contribution in [-0.4, -0.2) is 19.6 Å². The van der Waals surface area contributed by atoms with Gasteiger partial charge in [-0.3, -0.25) is 0 Å². The van der Waals surface area contributed by atoms with Crippen LogP contribution in [0.1, 0.15) is 44.2 Å².